The molecular weight excluding hydrogens is 256 g/mol. The normalized spacial score (nSPS) is 20.2. The van der Waals surface area contributed by atoms with E-state index in [0.29, 0.717) is 13.1 Å². The van der Waals surface area contributed by atoms with Gasteiger partial charge in [-0.1, -0.05) is 18.2 Å². The van der Waals surface area contributed by atoms with Gasteiger partial charge in [-0.25, -0.2) is 0 Å². The lowest BCUT2D eigenvalue weighted by Crippen LogP contribution is -2.63. The van der Waals surface area contributed by atoms with E-state index in [2.05, 4.69) is 5.32 Å². The zero-order chi connectivity index (χ0) is 14.6. The molecule has 1 amide bonds. The van der Waals surface area contributed by atoms with Crippen LogP contribution in [-0.2, 0) is 4.79 Å². The van der Waals surface area contributed by atoms with E-state index in [0.717, 1.165) is 12.3 Å². The summed E-state index contributed by atoms with van der Waals surface area (Å²) in [4.78, 5) is 13.8. The van der Waals surface area contributed by atoms with E-state index in [1.807, 2.05) is 49.1 Å². The van der Waals surface area contributed by atoms with E-state index < -0.39 is 11.6 Å². The standard InChI is InChI=1S/C15H22N2O3/c1-15(2)14(19)16-8-9-17(15)10-12(18)11-20-13-6-4-3-5-7-13/h3-7,12,18H,8-11H2,1-2H3,(H,16,19). The molecule has 0 aliphatic carbocycles. The fourth-order valence-electron chi connectivity index (χ4n) is 2.28. The highest BCUT2D eigenvalue weighted by atomic mass is 16.5. The summed E-state index contributed by atoms with van der Waals surface area (Å²) >= 11 is 0. The molecule has 110 valence electrons. The van der Waals surface area contributed by atoms with Crippen molar-refractivity contribution in [1.29, 1.82) is 0 Å². The first kappa shape index (κ1) is 14.8. The SMILES string of the molecule is CC1(C)C(=O)NCCN1CC(O)COc1ccccc1. The number of aliphatic hydroxyl groups is 1. The van der Waals surface area contributed by atoms with Gasteiger partial charge in [-0.15, -0.1) is 0 Å². The van der Waals surface area contributed by atoms with Gasteiger partial charge in [-0.3, -0.25) is 9.69 Å². The third-order valence-corrected chi connectivity index (χ3v) is 3.63. The molecule has 2 N–H and O–H groups in total. The molecule has 1 saturated heterocycles. The van der Waals surface area contributed by atoms with Crippen LogP contribution in [0.3, 0.4) is 0 Å². The summed E-state index contributed by atoms with van der Waals surface area (Å²) in [6.45, 7) is 5.74. The number of hydrogen-bond donors (Lipinski definition) is 2. The van der Waals surface area contributed by atoms with Gasteiger partial charge in [0.05, 0.1) is 5.54 Å². The first-order valence-corrected chi connectivity index (χ1v) is 6.89. The van der Waals surface area contributed by atoms with Crippen LogP contribution < -0.4 is 10.1 Å². The summed E-state index contributed by atoms with van der Waals surface area (Å²) in [6.07, 6.45) is -0.625. The summed E-state index contributed by atoms with van der Waals surface area (Å²) < 4.78 is 5.53. The molecule has 1 aromatic rings. The molecule has 1 aliphatic heterocycles. The molecule has 1 atom stereocenters. The van der Waals surface area contributed by atoms with Crippen LogP contribution in [0.4, 0.5) is 0 Å². The Morgan fingerprint density at radius 2 is 2.10 bits per heavy atom. The second-order valence-corrected chi connectivity index (χ2v) is 5.54. The van der Waals surface area contributed by atoms with Gasteiger partial charge >= 0.3 is 0 Å². The predicted molar refractivity (Wildman–Crippen MR) is 76.6 cm³/mol. The van der Waals surface area contributed by atoms with E-state index in [9.17, 15) is 9.90 Å². The number of amides is 1. The van der Waals surface area contributed by atoms with Gasteiger partial charge in [0.15, 0.2) is 0 Å². The van der Waals surface area contributed by atoms with Crippen molar-refractivity contribution < 1.29 is 14.6 Å². The predicted octanol–water partition coefficient (Wildman–Crippen LogP) is 0.637. The maximum atomic E-state index is 11.8. The van der Waals surface area contributed by atoms with Crippen molar-refractivity contribution in [2.45, 2.75) is 25.5 Å². The van der Waals surface area contributed by atoms with Gasteiger partial charge in [0.1, 0.15) is 18.5 Å². The number of carbonyl (C=O) groups excluding carboxylic acids is 1. The van der Waals surface area contributed by atoms with Gasteiger partial charge in [0, 0.05) is 19.6 Å². The lowest BCUT2D eigenvalue weighted by molar-refractivity contribution is -0.136. The second kappa shape index (κ2) is 6.24. The van der Waals surface area contributed by atoms with Crippen LogP contribution in [0.1, 0.15) is 13.8 Å². The summed E-state index contributed by atoms with van der Waals surface area (Å²) in [5.74, 6) is 0.738. The summed E-state index contributed by atoms with van der Waals surface area (Å²) in [5.41, 5.74) is -0.591. The average molecular weight is 278 g/mol. The monoisotopic (exact) mass is 278 g/mol. The Hall–Kier alpha value is -1.59. The minimum Gasteiger partial charge on any atom is -0.491 e. The largest absolute Gasteiger partial charge is 0.491 e. The minimum atomic E-state index is -0.625. The lowest BCUT2D eigenvalue weighted by atomic mass is 9.98. The van der Waals surface area contributed by atoms with E-state index >= 15 is 0 Å². The van der Waals surface area contributed by atoms with Gasteiger partial charge in [0.25, 0.3) is 0 Å². The third kappa shape index (κ3) is 3.49. The molecule has 5 nitrogen and oxygen atoms in total. The van der Waals surface area contributed by atoms with Crippen LogP contribution in [0.2, 0.25) is 0 Å². The van der Waals surface area contributed by atoms with E-state index in [4.69, 9.17) is 4.74 Å². The molecule has 0 saturated carbocycles. The van der Waals surface area contributed by atoms with Crippen LogP contribution in [-0.4, -0.2) is 53.8 Å². The van der Waals surface area contributed by atoms with Crippen LogP contribution in [0.5, 0.6) is 5.75 Å². The van der Waals surface area contributed by atoms with Crippen LogP contribution in [0.25, 0.3) is 0 Å². The zero-order valence-electron chi connectivity index (χ0n) is 12.0. The van der Waals surface area contributed by atoms with Crippen LogP contribution in [0.15, 0.2) is 30.3 Å². The molecule has 1 heterocycles. The average Bonchev–Trinajstić information content (AvgIpc) is 2.43. The first-order valence-electron chi connectivity index (χ1n) is 6.89. The number of β-amino-alcohol motifs (C(OH)–C–C–N with tert-alkyl or cyclic N) is 1. The molecular formula is C15H22N2O3. The number of aliphatic hydroxyl groups excluding tert-OH is 1. The van der Waals surface area contributed by atoms with E-state index in [1.54, 1.807) is 0 Å². The number of hydrogen-bond acceptors (Lipinski definition) is 4. The number of rotatable bonds is 5. The van der Waals surface area contributed by atoms with Gasteiger partial charge in [0.2, 0.25) is 5.91 Å². The number of nitrogens with zero attached hydrogens (tertiary/aromatic N) is 1. The summed E-state index contributed by atoms with van der Waals surface area (Å²) in [5, 5.41) is 12.9. The van der Waals surface area contributed by atoms with Crippen LogP contribution >= 0.6 is 0 Å². The fraction of sp³-hybridized carbons (Fsp3) is 0.533. The molecule has 0 radical (unpaired) electrons. The van der Waals surface area contributed by atoms with Crippen molar-refractivity contribution in [3.05, 3.63) is 30.3 Å². The quantitative estimate of drug-likeness (QED) is 0.829. The zero-order valence-corrected chi connectivity index (χ0v) is 12.0. The molecule has 1 fully saturated rings. The molecule has 20 heavy (non-hydrogen) atoms. The van der Waals surface area contributed by atoms with Gasteiger partial charge < -0.3 is 15.2 Å². The smallest absolute Gasteiger partial charge is 0.240 e. The highest BCUT2D eigenvalue weighted by Gasteiger charge is 2.38. The Morgan fingerprint density at radius 1 is 1.40 bits per heavy atom. The number of benzene rings is 1. The molecule has 0 aromatic heterocycles. The molecule has 1 aliphatic rings. The molecule has 1 unspecified atom stereocenters. The van der Waals surface area contributed by atoms with Crippen molar-refractivity contribution >= 4 is 5.91 Å². The fourth-order valence-corrected chi connectivity index (χ4v) is 2.28. The number of carbonyl (C=O) groups is 1. The topological polar surface area (TPSA) is 61.8 Å². The maximum absolute atomic E-state index is 11.8. The first-order chi connectivity index (χ1) is 9.50. The van der Waals surface area contributed by atoms with Crippen LogP contribution in [0, 0.1) is 0 Å². The molecule has 0 bridgehead atoms. The maximum Gasteiger partial charge on any atom is 0.240 e. The summed E-state index contributed by atoms with van der Waals surface area (Å²) in [6, 6.07) is 9.40. The van der Waals surface area contributed by atoms with Crippen molar-refractivity contribution in [2.24, 2.45) is 0 Å². The van der Waals surface area contributed by atoms with Gasteiger partial charge in [-0.2, -0.15) is 0 Å². The van der Waals surface area contributed by atoms with Crippen molar-refractivity contribution in [3.8, 4) is 5.75 Å². The molecule has 5 heteroatoms. The number of nitrogens with one attached hydrogen (secondary N) is 1. The number of piperazine rings is 1. The van der Waals surface area contributed by atoms with Crippen molar-refractivity contribution in [2.75, 3.05) is 26.2 Å². The minimum absolute atomic E-state index is 0.0000669. The third-order valence-electron chi connectivity index (χ3n) is 3.63. The Balaban J connectivity index is 1.85. The molecule has 2 rings (SSSR count). The molecule has 0 spiro atoms. The Labute approximate surface area is 119 Å². The highest BCUT2D eigenvalue weighted by molar-refractivity contribution is 5.86. The highest BCUT2D eigenvalue weighted by Crippen LogP contribution is 2.18. The van der Waals surface area contributed by atoms with Crippen molar-refractivity contribution in [1.82, 2.24) is 10.2 Å². The number of para-hydroxylation sites is 1. The second-order valence-electron chi connectivity index (χ2n) is 5.54. The van der Waals surface area contributed by atoms with E-state index in [-0.39, 0.29) is 12.5 Å². The van der Waals surface area contributed by atoms with Crippen molar-refractivity contribution in [3.63, 3.8) is 0 Å². The number of ether oxygens (including phenoxy) is 1. The van der Waals surface area contributed by atoms with Gasteiger partial charge in [-0.05, 0) is 26.0 Å². The summed E-state index contributed by atoms with van der Waals surface area (Å²) in [7, 11) is 0. The lowest BCUT2D eigenvalue weighted by Gasteiger charge is -2.41. The Morgan fingerprint density at radius 3 is 2.80 bits per heavy atom. The Bertz CT molecular complexity index is 448. The Kier molecular flexibility index (Phi) is 4.62. The van der Waals surface area contributed by atoms with E-state index in [1.165, 1.54) is 0 Å². The molecule has 1 aromatic carbocycles.